The summed E-state index contributed by atoms with van der Waals surface area (Å²) < 4.78 is 1.76. The Balaban J connectivity index is 1.95. The van der Waals surface area contributed by atoms with Gasteiger partial charge < -0.3 is 15.0 Å². The number of benzene rings is 1. The Labute approximate surface area is 156 Å². The zero-order valence-electron chi connectivity index (χ0n) is 14.8. The molecule has 3 rings (SSSR count). The van der Waals surface area contributed by atoms with Gasteiger partial charge in [-0.25, -0.2) is 9.67 Å². The van der Waals surface area contributed by atoms with Gasteiger partial charge in [-0.3, -0.25) is 4.79 Å². The predicted molar refractivity (Wildman–Crippen MR) is 103 cm³/mol. The normalized spacial score (nSPS) is 11.4. The molecule has 0 radical (unpaired) electrons. The largest absolute Gasteiger partial charge is 0.395 e. The van der Waals surface area contributed by atoms with Crippen LogP contribution in [0.3, 0.4) is 0 Å². The van der Waals surface area contributed by atoms with Crippen LogP contribution in [-0.4, -0.2) is 38.0 Å². The van der Waals surface area contributed by atoms with Gasteiger partial charge in [0.25, 0.3) is 5.56 Å². The average molecular weight is 376 g/mol. The van der Waals surface area contributed by atoms with Gasteiger partial charge >= 0.3 is 0 Å². The van der Waals surface area contributed by atoms with Crippen molar-refractivity contribution in [2.75, 3.05) is 18.1 Å². The Hall–Kier alpha value is -2.38. The number of halogens is 1. The number of hydrogen-bond donors (Lipinski definition) is 2. The topological polar surface area (TPSA) is 87.0 Å². The third kappa shape index (κ3) is 4.05. The van der Waals surface area contributed by atoms with Crippen LogP contribution in [-0.2, 0) is 13.1 Å². The second-order valence-electron chi connectivity index (χ2n) is 6.59. The van der Waals surface area contributed by atoms with Crippen molar-refractivity contribution in [3.05, 3.63) is 51.7 Å². The molecule has 0 spiro atoms. The van der Waals surface area contributed by atoms with Crippen molar-refractivity contribution in [2.24, 2.45) is 5.92 Å². The summed E-state index contributed by atoms with van der Waals surface area (Å²) in [6, 6.07) is 7.33. The highest BCUT2D eigenvalue weighted by Crippen LogP contribution is 2.19. The summed E-state index contributed by atoms with van der Waals surface area (Å²) in [6.45, 7) is 5.63. The SMILES string of the molecule is CC(C)Cn1ncc2c(=O)[nH]c(CN(CCO)c3ccc(Cl)cc3)nc21. The minimum absolute atomic E-state index is 0.0135. The van der Waals surface area contributed by atoms with E-state index in [1.54, 1.807) is 23.0 Å². The van der Waals surface area contributed by atoms with Crippen LogP contribution in [0.1, 0.15) is 19.7 Å². The van der Waals surface area contributed by atoms with Crippen LogP contribution in [0.4, 0.5) is 5.69 Å². The maximum Gasteiger partial charge on any atom is 0.262 e. The molecule has 3 aromatic rings. The van der Waals surface area contributed by atoms with Gasteiger partial charge in [0, 0.05) is 23.8 Å². The standard InChI is InChI=1S/C18H22ClN5O2/c1-12(2)10-24-17-15(9-20-24)18(26)22-16(21-17)11-23(7-8-25)14-5-3-13(19)4-6-14/h3-6,9,12,25H,7-8,10-11H2,1-2H3,(H,21,22,26). The van der Waals surface area contributed by atoms with E-state index >= 15 is 0 Å². The summed E-state index contributed by atoms with van der Waals surface area (Å²) in [4.78, 5) is 21.7. The summed E-state index contributed by atoms with van der Waals surface area (Å²) >= 11 is 5.95. The molecule has 1 aromatic carbocycles. The quantitative estimate of drug-likeness (QED) is 0.662. The maximum atomic E-state index is 12.4. The van der Waals surface area contributed by atoms with E-state index < -0.39 is 0 Å². The van der Waals surface area contributed by atoms with Crippen molar-refractivity contribution in [1.82, 2.24) is 19.7 Å². The van der Waals surface area contributed by atoms with Gasteiger partial charge in [-0.05, 0) is 30.2 Å². The summed E-state index contributed by atoms with van der Waals surface area (Å²) in [5.41, 5.74) is 1.26. The number of rotatable bonds is 7. The Morgan fingerprint density at radius 1 is 1.31 bits per heavy atom. The minimum Gasteiger partial charge on any atom is -0.395 e. The van der Waals surface area contributed by atoms with Crippen molar-refractivity contribution in [3.63, 3.8) is 0 Å². The molecule has 0 unspecified atom stereocenters. The second kappa shape index (κ2) is 7.88. The van der Waals surface area contributed by atoms with E-state index in [-0.39, 0.29) is 12.2 Å². The molecule has 0 aliphatic heterocycles. The Kier molecular flexibility index (Phi) is 5.58. The van der Waals surface area contributed by atoms with Gasteiger partial charge in [-0.15, -0.1) is 0 Å². The van der Waals surface area contributed by atoms with Gasteiger partial charge in [-0.2, -0.15) is 5.10 Å². The first-order valence-electron chi connectivity index (χ1n) is 8.54. The van der Waals surface area contributed by atoms with E-state index in [0.29, 0.717) is 47.4 Å². The van der Waals surface area contributed by atoms with Crippen LogP contribution < -0.4 is 10.5 Å². The van der Waals surface area contributed by atoms with E-state index in [1.165, 1.54) is 0 Å². The fraction of sp³-hybridized carbons (Fsp3) is 0.389. The van der Waals surface area contributed by atoms with E-state index in [9.17, 15) is 9.90 Å². The zero-order chi connectivity index (χ0) is 18.7. The smallest absolute Gasteiger partial charge is 0.262 e. The van der Waals surface area contributed by atoms with Gasteiger partial charge in [-0.1, -0.05) is 25.4 Å². The molecule has 0 atom stereocenters. The average Bonchev–Trinajstić information content (AvgIpc) is 2.98. The molecular formula is C18H22ClN5O2. The molecule has 2 aromatic heterocycles. The molecular weight excluding hydrogens is 354 g/mol. The number of aliphatic hydroxyl groups excluding tert-OH is 1. The number of nitrogens with one attached hydrogen (secondary N) is 1. The first kappa shape index (κ1) is 18.4. The number of H-pyrrole nitrogens is 1. The number of hydrogen-bond acceptors (Lipinski definition) is 5. The monoisotopic (exact) mass is 375 g/mol. The predicted octanol–water partition coefficient (Wildman–Crippen LogP) is 2.43. The lowest BCUT2D eigenvalue weighted by molar-refractivity contribution is 0.301. The van der Waals surface area contributed by atoms with Crippen LogP contribution in [0.15, 0.2) is 35.3 Å². The van der Waals surface area contributed by atoms with E-state index in [2.05, 4.69) is 28.9 Å². The lowest BCUT2D eigenvalue weighted by atomic mass is 10.2. The molecule has 0 amide bonds. The van der Waals surface area contributed by atoms with Crippen LogP contribution in [0.25, 0.3) is 11.0 Å². The molecule has 8 heteroatoms. The number of aromatic nitrogens is 4. The van der Waals surface area contributed by atoms with Crippen LogP contribution in [0, 0.1) is 5.92 Å². The highest BCUT2D eigenvalue weighted by molar-refractivity contribution is 6.30. The Bertz CT molecular complexity index is 933. The summed E-state index contributed by atoms with van der Waals surface area (Å²) in [5, 5.41) is 14.8. The molecule has 7 nitrogen and oxygen atoms in total. The molecule has 0 saturated carbocycles. The lowest BCUT2D eigenvalue weighted by Crippen LogP contribution is -2.28. The zero-order valence-corrected chi connectivity index (χ0v) is 15.6. The van der Waals surface area contributed by atoms with Crippen LogP contribution in [0.5, 0.6) is 0 Å². The molecule has 0 aliphatic rings. The van der Waals surface area contributed by atoms with E-state index in [4.69, 9.17) is 11.6 Å². The van der Waals surface area contributed by atoms with Crippen LogP contribution in [0.2, 0.25) is 5.02 Å². The first-order chi connectivity index (χ1) is 12.5. The second-order valence-corrected chi connectivity index (χ2v) is 7.03. The molecule has 138 valence electrons. The minimum atomic E-state index is -0.208. The van der Waals surface area contributed by atoms with Crippen LogP contribution >= 0.6 is 11.6 Å². The van der Waals surface area contributed by atoms with Gasteiger partial charge in [0.15, 0.2) is 5.65 Å². The number of aromatic amines is 1. The fourth-order valence-electron chi connectivity index (χ4n) is 2.82. The van der Waals surface area contributed by atoms with Crippen molar-refractivity contribution in [1.29, 1.82) is 0 Å². The summed E-state index contributed by atoms with van der Waals surface area (Å²) in [6.07, 6.45) is 1.55. The third-order valence-corrected chi connectivity index (χ3v) is 4.25. The number of nitrogens with zero attached hydrogens (tertiary/aromatic N) is 4. The van der Waals surface area contributed by atoms with Crippen molar-refractivity contribution in [3.8, 4) is 0 Å². The molecule has 2 N–H and O–H groups in total. The van der Waals surface area contributed by atoms with Crippen molar-refractivity contribution >= 4 is 28.3 Å². The summed E-state index contributed by atoms with van der Waals surface area (Å²) in [5.74, 6) is 0.916. The Morgan fingerprint density at radius 3 is 2.69 bits per heavy atom. The highest BCUT2D eigenvalue weighted by Gasteiger charge is 2.14. The molecule has 0 fully saturated rings. The van der Waals surface area contributed by atoms with Gasteiger partial charge in [0.1, 0.15) is 11.2 Å². The van der Waals surface area contributed by atoms with Crippen molar-refractivity contribution in [2.45, 2.75) is 26.9 Å². The van der Waals surface area contributed by atoms with Gasteiger partial charge in [0.2, 0.25) is 0 Å². The number of anilines is 1. The molecule has 0 bridgehead atoms. The molecule has 2 heterocycles. The first-order valence-corrected chi connectivity index (χ1v) is 8.92. The molecule has 0 saturated heterocycles. The lowest BCUT2D eigenvalue weighted by Gasteiger charge is -2.23. The molecule has 26 heavy (non-hydrogen) atoms. The fourth-order valence-corrected chi connectivity index (χ4v) is 2.94. The van der Waals surface area contributed by atoms with Gasteiger partial charge in [0.05, 0.1) is 19.3 Å². The number of fused-ring (bicyclic) bond motifs is 1. The Morgan fingerprint density at radius 2 is 2.04 bits per heavy atom. The van der Waals surface area contributed by atoms with E-state index in [0.717, 1.165) is 5.69 Å². The summed E-state index contributed by atoms with van der Waals surface area (Å²) in [7, 11) is 0. The molecule has 0 aliphatic carbocycles. The van der Waals surface area contributed by atoms with E-state index in [1.807, 2.05) is 17.0 Å². The van der Waals surface area contributed by atoms with Crippen molar-refractivity contribution < 1.29 is 5.11 Å². The third-order valence-electron chi connectivity index (χ3n) is 4.00. The number of aliphatic hydroxyl groups is 1. The maximum absolute atomic E-state index is 12.4. The highest BCUT2D eigenvalue weighted by atomic mass is 35.5.